The molecule has 2 amide bonds. The Morgan fingerprint density at radius 1 is 1.14 bits per heavy atom. The van der Waals surface area contributed by atoms with Crippen molar-refractivity contribution in [2.45, 2.75) is 6.42 Å². The normalized spacial score (nSPS) is 41.4. The van der Waals surface area contributed by atoms with Gasteiger partial charge in [0.2, 0.25) is 0 Å². The summed E-state index contributed by atoms with van der Waals surface area (Å²) < 4.78 is 5.90. The third-order valence-corrected chi connectivity index (χ3v) is 5.96. The van der Waals surface area contributed by atoms with Crippen LogP contribution in [0.4, 0.5) is 0 Å². The fraction of sp³-hybridized carbons (Fsp3) is 0.438. The molecule has 1 saturated heterocycles. The van der Waals surface area contributed by atoms with Crippen molar-refractivity contribution in [3.8, 4) is 0 Å². The highest BCUT2D eigenvalue weighted by atomic mass is 79.9. The average molecular weight is 361 g/mol. The maximum Gasteiger partial charge on any atom is 0.254 e. The van der Waals surface area contributed by atoms with E-state index in [0.717, 1.165) is 5.01 Å². The van der Waals surface area contributed by atoms with Gasteiger partial charge < -0.3 is 4.42 Å². The first-order valence-corrected chi connectivity index (χ1v) is 8.30. The lowest BCUT2D eigenvalue weighted by atomic mass is 9.63. The number of imide groups is 1. The lowest BCUT2D eigenvalue weighted by molar-refractivity contribution is -0.140. The lowest BCUT2D eigenvalue weighted by Gasteiger charge is -2.37. The van der Waals surface area contributed by atoms with Gasteiger partial charge in [-0.1, -0.05) is 12.2 Å². The van der Waals surface area contributed by atoms with Crippen molar-refractivity contribution in [2.24, 2.45) is 40.6 Å². The molecule has 4 aliphatic carbocycles. The molecule has 5 nitrogen and oxygen atoms in total. The van der Waals surface area contributed by atoms with Crippen LogP contribution in [0.1, 0.15) is 12.2 Å². The summed E-state index contributed by atoms with van der Waals surface area (Å²) in [6.07, 6.45) is 6.90. The number of allylic oxidation sites excluding steroid dienone is 2. The van der Waals surface area contributed by atoms with Crippen LogP contribution in [0.5, 0.6) is 0 Å². The SMILES string of the molecule is O=C1[C@@H]2[C@@H]3C=C[C@H]([C@@H]4C[C@H]34)[C@@H]2C(=O)N1/N=C\c1ccc(Br)o1. The molecule has 3 fully saturated rings. The molecule has 1 aromatic heterocycles. The molecule has 5 aliphatic rings. The number of halogens is 1. The molecule has 1 aliphatic heterocycles. The molecule has 6 heteroatoms. The molecule has 112 valence electrons. The summed E-state index contributed by atoms with van der Waals surface area (Å²) in [4.78, 5) is 25.3. The van der Waals surface area contributed by atoms with Gasteiger partial charge in [-0.15, -0.1) is 0 Å². The van der Waals surface area contributed by atoms with Crippen LogP contribution in [0.25, 0.3) is 0 Å². The van der Waals surface area contributed by atoms with E-state index in [4.69, 9.17) is 4.42 Å². The number of amides is 2. The van der Waals surface area contributed by atoms with E-state index in [1.54, 1.807) is 12.1 Å². The van der Waals surface area contributed by atoms with E-state index >= 15 is 0 Å². The summed E-state index contributed by atoms with van der Waals surface area (Å²) in [5.41, 5.74) is 0. The minimum absolute atomic E-state index is 0.151. The molecule has 6 rings (SSSR count). The maximum atomic E-state index is 12.6. The summed E-state index contributed by atoms with van der Waals surface area (Å²) in [6, 6.07) is 3.47. The fourth-order valence-electron chi connectivity index (χ4n) is 4.57. The molecular formula is C16H13BrN2O3. The molecule has 6 atom stereocenters. The van der Waals surface area contributed by atoms with Gasteiger partial charge in [0.25, 0.3) is 11.8 Å². The van der Waals surface area contributed by atoms with Crippen LogP contribution >= 0.6 is 15.9 Å². The summed E-state index contributed by atoms with van der Waals surface area (Å²) in [7, 11) is 0. The van der Waals surface area contributed by atoms with Crippen LogP contribution in [0, 0.1) is 35.5 Å². The predicted molar refractivity (Wildman–Crippen MR) is 80.6 cm³/mol. The van der Waals surface area contributed by atoms with Gasteiger partial charge in [-0.2, -0.15) is 10.1 Å². The quantitative estimate of drug-likeness (QED) is 0.462. The Balaban J connectivity index is 1.46. The minimum Gasteiger partial charge on any atom is -0.448 e. The average Bonchev–Trinajstić information content (AvgIpc) is 3.19. The summed E-state index contributed by atoms with van der Waals surface area (Å²) >= 11 is 3.21. The molecule has 0 spiro atoms. The number of nitrogens with zero attached hydrogens (tertiary/aromatic N) is 2. The van der Waals surface area contributed by atoms with Crippen LogP contribution in [0.2, 0.25) is 0 Å². The lowest BCUT2D eigenvalue weighted by Crippen LogP contribution is -2.40. The molecule has 1 aromatic rings. The molecular weight excluding hydrogens is 348 g/mol. The van der Waals surface area contributed by atoms with Gasteiger partial charge in [-0.05, 0) is 58.2 Å². The van der Waals surface area contributed by atoms with Gasteiger partial charge in [-0.3, -0.25) is 9.59 Å². The zero-order chi connectivity index (χ0) is 15.0. The Bertz CT molecular complexity index is 716. The number of carbonyl (C=O) groups is 2. The number of hydrogen-bond acceptors (Lipinski definition) is 4. The molecule has 0 aromatic carbocycles. The van der Waals surface area contributed by atoms with Gasteiger partial charge in [-0.25, -0.2) is 0 Å². The number of rotatable bonds is 2. The molecule has 0 unspecified atom stereocenters. The Morgan fingerprint density at radius 3 is 2.32 bits per heavy atom. The highest BCUT2D eigenvalue weighted by molar-refractivity contribution is 9.10. The van der Waals surface area contributed by atoms with E-state index in [-0.39, 0.29) is 35.5 Å². The Hall–Kier alpha value is -1.69. The van der Waals surface area contributed by atoms with E-state index in [1.807, 2.05) is 0 Å². The number of hydrazone groups is 1. The van der Waals surface area contributed by atoms with E-state index in [9.17, 15) is 9.59 Å². The smallest absolute Gasteiger partial charge is 0.254 e. The summed E-state index contributed by atoms with van der Waals surface area (Å²) in [5.74, 6) is 1.48. The maximum absolute atomic E-state index is 12.6. The van der Waals surface area contributed by atoms with Gasteiger partial charge >= 0.3 is 0 Å². The second-order valence-corrected chi connectivity index (χ2v) is 7.31. The van der Waals surface area contributed by atoms with Crippen molar-refractivity contribution < 1.29 is 14.0 Å². The third-order valence-electron chi connectivity index (χ3n) is 5.53. The highest BCUT2D eigenvalue weighted by Crippen LogP contribution is 2.65. The standard InChI is InChI=1S/C16H13BrN2O3/c17-12-4-1-7(22-12)6-18-19-15(20)13-8-2-3-9(11-5-10(8)11)14(13)16(19)21/h1-4,6,8-11,13-14H,5H2/b18-6-/t8-,9-,10-,11+,13-,14+/m1/s1. The molecule has 2 bridgehead atoms. The van der Waals surface area contributed by atoms with Crippen LogP contribution in [0.15, 0.2) is 38.5 Å². The van der Waals surface area contributed by atoms with E-state index in [2.05, 4.69) is 33.2 Å². The van der Waals surface area contributed by atoms with E-state index < -0.39 is 0 Å². The Labute approximate surface area is 135 Å². The second-order valence-electron chi connectivity index (χ2n) is 6.53. The first-order valence-electron chi connectivity index (χ1n) is 7.50. The van der Waals surface area contributed by atoms with Crippen molar-refractivity contribution in [2.75, 3.05) is 0 Å². The van der Waals surface area contributed by atoms with Crippen molar-refractivity contribution in [1.82, 2.24) is 5.01 Å². The van der Waals surface area contributed by atoms with Gasteiger partial charge in [0, 0.05) is 0 Å². The van der Waals surface area contributed by atoms with Crippen LogP contribution < -0.4 is 0 Å². The minimum atomic E-state index is -0.202. The first-order chi connectivity index (χ1) is 10.6. The van der Waals surface area contributed by atoms with Crippen molar-refractivity contribution in [3.63, 3.8) is 0 Å². The molecule has 0 radical (unpaired) electrons. The topological polar surface area (TPSA) is 62.9 Å². The highest BCUT2D eigenvalue weighted by Gasteiger charge is 2.67. The van der Waals surface area contributed by atoms with E-state index in [0.29, 0.717) is 22.3 Å². The summed E-state index contributed by atoms with van der Waals surface area (Å²) in [5, 5.41) is 5.16. The monoisotopic (exact) mass is 360 g/mol. The molecule has 0 N–H and O–H groups in total. The first kappa shape index (κ1) is 12.8. The van der Waals surface area contributed by atoms with Crippen molar-refractivity contribution in [3.05, 3.63) is 34.7 Å². The molecule has 2 saturated carbocycles. The number of hydrogen-bond donors (Lipinski definition) is 0. The largest absolute Gasteiger partial charge is 0.448 e. The summed E-state index contributed by atoms with van der Waals surface area (Å²) in [6.45, 7) is 0. The fourth-order valence-corrected chi connectivity index (χ4v) is 4.89. The van der Waals surface area contributed by atoms with Crippen molar-refractivity contribution in [1.29, 1.82) is 0 Å². The van der Waals surface area contributed by atoms with Crippen LogP contribution in [-0.2, 0) is 9.59 Å². The van der Waals surface area contributed by atoms with Crippen molar-refractivity contribution >= 4 is 34.0 Å². The van der Waals surface area contributed by atoms with Crippen LogP contribution in [0.3, 0.4) is 0 Å². The zero-order valence-electron chi connectivity index (χ0n) is 11.6. The van der Waals surface area contributed by atoms with Crippen LogP contribution in [-0.4, -0.2) is 23.0 Å². The van der Waals surface area contributed by atoms with Gasteiger partial charge in [0.05, 0.1) is 18.1 Å². The Morgan fingerprint density at radius 2 is 1.77 bits per heavy atom. The third kappa shape index (κ3) is 1.56. The van der Waals surface area contributed by atoms with Gasteiger partial charge in [0.15, 0.2) is 4.67 Å². The number of furan rings is 1. The Kier molecular flexibility index (Phi) is 2.44. The second kappa shape index (κ2) is 4.19. The molecule has 22 heavy (non-hydrogen) atoms. The molecule has 2 heterocycles. The predicted octanol–water partition coefficient (Wildman–Crippen LogP) is 2.43. The number of carbonyl (C=O) groups excluding carboxylic acids is 2. The van der Waals surface area contributed by atoms with E-state index in [1.165, 1.54) is 12.6 Å². The zero-order valence-corrected chi connectivity index (χ0v) is 13.1. The van der Waals surface area contributed by atoms with Gasteiger partial charge in [0.1, 0.15) is 5.76 Å².